The van der Waals surface area contributed by atoms with Crippen LogP contribution in [-0.2, 0) is 4.74 Å². The summed E-state index contributed by atoms with van der Waals surface area (Å²) in [6.07, 6.45) is -53.8. The number of ether oxygens (including phenoxy) is 1. The normalized spacial score (nSPS) is 14.4. The van der Waals surface area contributed by atoms with Crippen molar-refractivity contribution in [1.29, 1.82) is 0 Å². The van der Waals surface area contributed by atoms with Crippen LogP contribution in [0.5, 0.6) is 0 Å². The van der Waals surface area contributed by atoms with Crippen LogP contribution in [0.4, 0.5) is 93.4 Å². The first kappa shape index (κ1) is 44.6. The van der Waals surface area contributed by atoms with Gasteiger partial charge in [0.2, 0.25) is 12.1 Å². The summed E-state index contributed by atoms with van der Waals surface area (Å²) in [6, 6.07) is -9.10. The third-order valence-corrected chi connectivity index (χ3v) is 5.98. The number of amides is 3. The fraction of sp³-hybridized carbons (Fsp3) is 0.857. The summed E-state index contributed by atoms with van der Waals surface area (Å²) in [5.41, 5.74) is 0. The van der Waals surface area contributed by atoms with E-state index < -0.39 is 141 Å². The van der Waals surface area contributed by atoms with Gasteiger partial charge >= 0.3 is 55.3 Å². The predicted molar refractivity (Wildman–Crippen MR) is 118 cm³/mol. The Kier molecular flexibility index (Phi) is 15.1. The summed E-state index contributed by atoms with van der Waals surface area (Å²) in [5, 5.41) is 19.1. The molecule has 48 heavy (non-hydrogen) atoms. The van der Waals surface area contributed by atoms with Crippen LogP contribution in [0, 0.1) is 5.92 Å². The Morgan fingerprint density at radius 1 is 0.542 bits per heavy atom. The number of unbranched alkanes of at least 4 members (excludes halogenated alkanes) is 1. The fourth-order valence-electron chi connectivity index (χ4n) is 4.06. The molecule has 1 unspecified atom stereocenters. The summed E-state index contributed by atoms with van der Waals surface area (Å²) in [6.45, 7) is -4.23. The van der Waals surface area contributed by atoms with Gasteiger partial charge in [-0.05, 0) is 31.6 Å². The van der Waals surface area contributed by atoms with E-state index in [1.165, 1.54) is 5.32 Å². The second-order valence-corrected chi connectivity index (χ2v) is 9.68. The Morgan fingerprint density at radius 2 is 0.875 bits per heavy atom. The second kappa shape index (κ2) is 16.3. The van der Waals surface area contributed by atoms with Gasteiger partial charge in [0.05, 0.1) is 0 Å². The molecule has 0 aromatic rings. The van der Waals surface area contributed by atoms with Gasteiger partial charge < -0.3 is 20.3 Å². The van der Waals surface area contributed by atoms with Crippen molar-refractivity contribution in [2.24, 2.45) is 5.92 Å². The number of hydrogen-bond donors (Lipinski definition) is 3. The van der Waals surface area contributed by atoms with Crippen LogP contribution in [0.3, 0.4) is 0 Å². The Balaban J connectivity index is 5.94. The number of alkyl halides is 18. The number of alkyl carbamates (subject to hydrolysis) is 1. The summed E-state index contributed by atoms with van der Waals surface area (Å²) >= 11 is 0. The molecule has 0 fully saturated rings. The summed E-state index contributed by atoms with van der Waals surface area (Å²) in [7, 11) is 0. The number of carbonyl (C=O) groups excluding carboxylic acids is 1. The first-order valence-corrected chi connectivity index (χ1v) is 12.6. The zero-order valence-corrected chi connectivity index (χ0v) is 23.2. The van der Waals surface area contributed by atoms with Gasteiger partial charge in [0.25, 0.3) is 6.10 Å². The highest BCUT2D eigenvalue weighted by Gasteiger charge is 2.62. The van der Waals surface area contributed by atoms with E-state index in [1.807, 2.05) is 0 Å². The molecule has 0 rings (SSSR count). The minimum Gasteiger partial charge on any atom is -0.465 e. The monoisotopic (exact) mass is 755 g/mol. The Hall–Kier alpha value is -3.45. The van der Waals surface area contributed by atoms with Gasteiger partial charge in [-0.3, -0.25) is 9.80 Å². The van der Waals surface area contributed by atoms with E-state index in [-0.39, 0.29) is 0 Å². The molecular weight excluding hydrogens is 732 g/mol. The van der Waals surface area contributed by atoms with E-state index >= 15 is 0 Å². The number of nitrogens with one attached hydrogen (secondary N) is 1. The maximum absolute atomic E-state index is 13.0. The molecular formula is C21H23F18N3O6. The zero-order valence-electron chi connectivity index (χ0n) is 23.2. The van der Waals surface area contributed by atoms with Crippen molar-refractivity contribution in [3.63, 3.8) is 0 Å². The molecule has 0 aliphatic carbocycles. The van der Waals surface area contributed by atoms with Crippen molar-refractivity contribution < 1.29 is 108 Å². The van der Waals surface area contributed by atoms with Crippen molar-refractivity contribution in [3.05, 3.63) is 0 Å². The highest BCUT2D eigenvalue weighted by atomic mass is 19.4. The number of carbonyl (C=O) groups is 3. The third-order valence-electron chi connectivity index (χ3n) is 5.98. The molecule has 284 valence electrons. The number of carboxylic acid groups (broad SMARTS) is 2. The van der Waals surface area contributed by atoms with E-state index in [9.17, 15) is 93.4 Å². The number of rotatable bonds is 14. The molecule has 0 bridgehead atoms. The number of halogens is 18. The van der Waals surface area contributed by atoms with Gasteiger partial charge in [-0.1, -0.05) is 6.42 Å². The lowest BCUT2D eigenvalue weighted by Crippen LogP contribution is -2.56. The molecule has 3 amide bonds. The van der Waals surface area contributed by atoms with Gasteiger partial charge in [0, 0.05) is 19.6 Å². The van der Waals surface area contributed by atoms with Crippen LogP contribution >= 0.6 is 0 Å². The standard InChI is InChI=1S/C21H23F18N3O6/c22-16(23,24)10(17(25,26)27)41(14(44)45)6-2-1-4-9(8-40-13(43)48-12(20(34,35)36)21(37,38)39)5-3-7-42(15(46)47)11(18(28,29)30)19(31,32)33/h9-12H,1-8H2,(H,40,43)(H,44,45)(H,46,47). The smallest absolute Gasteiger partial charge is 0.434 e. The number of nitrogens with zero attached hydrogens (tertiary/aromatic N) is 2. The molecule has 27 heteroatoms. The molecule has 1 atom stereocenters. The summed E-state index contributed by atoms with van der Waals surface area (Å²) in [4.78, 5) is 31.7. The molecule has 0 saturated heterocycles. The van der Waals surface area contributed by atoms with Gasteiger partial charge in [-0.2, -0.15) is 79.0 Å². The number of hydrogen-bond acceptors (Lipinski definition) is 4. The lowest BCUT2D eigenvalue weighted by Gasteiger charge is -2.33. The maximum atomic E-state index is 13.0. The lowest BCUT2D eigenvalue weighted by molar-refractivity contribution is -0.307. The molecule has 0 spiro atoms. The average Bonchev–Trinajstić information content (AvgIpc) is 2.81. The van der Waals surface area contributed by atoms with Crippen molar-refractivity contribution in [1.82, 2.24) is 15.1 Å². The van der Waals surface area contributed by atoms with E-state index in [0.29, 0.717) is 0 Å². The van der Waals surface area contributed by atoms with Crippen LogP contribution in [0.15, 0.2) is 0 Å². The highest BCUT2D eigenvalue weighted by Crippen LogP contribution is 2.39. The average molecular weight is 755 g/mol. The zero-order chi connectivity index (χ0) is 38.3. The van der Waals surface area contributed by atoms with Crippen LogP contribution in [0.1, 0.15) is 32.1 Å². The lowest BCUT2D eigenvalue weighted by atomic mass is 9.96. The van der Waals surface area contributed by atoms with Crippen molar-refractivity contribution >= 4 is 18.3 Å². The maximum Gasteiger partial charge on any atom is 0.434 e. The second-order valence-electron chi connectivity index (χ2n) is 9.68. The van der Waals surface area contributed by atoms with Gasteiger partial charge in [-0.15, -0.1) is 0 Å². The van der Waals surface area contributed by atoms with Gasteiger partial charge in [0.15, 0.2) is 0 Å². The quantitative estimate of drug-likeness (QED) is 0.124. The summed E-state index contributed by atoms with van der Waals surface area (Å²) in [5.74, 6) is -1.49. The molecule has 0 aliphatic rings. The minimum atomic E-state index is -6.21. The Morgan fingerprint density at radius 3 is 1.19 bits per heavy atom. The van der Waals surface area contributed by atoms with E-state index in [2.05, 4.69) is 4.74 Å². The van der Waals surface area contributed by atoms with Crippen molar-refractivity contribution in [2.75, 3.05) is 19.6 Å². The van der Waals surface area contributed by atoms with E-state index in [0.717, 1.165) is 0 Å². The Bertz CT molecular complexity index is 1010. The molecule has 0 aromatic carbocycles. The van der Waals surface area contributed by atoms with Crippen LogP contribution < -0.4 is 5.32 Å². The highest BCUT2D eigenvalue weighted by molar-refractivity contribution is 5.67. The van der Waals surface area contributed by atoms with Crippen LogP contribution in [0.25, 0.3) is 0 Å². The van der Waals surface area contributed by atoms with Gasteiger partial charge in [0.1, 0.15) is 0 Å². The van der Waals surface area contributed by atoms with Crippen LogP contribution in [-0.4, -0.2) is 113 Å². The molecule has 0 saturated carbocycles. The first-order chi connectivity index (χ1) is 21.2. The van der Waals surface area contributed by atoms with Crippen LogP contribution in [0.2, 0.25) is 0 Å². The third kappa shape index (κ3) is 14.8. The summed E-state index contributed by atoms with van der Waals surface area (Å²) < 4.78 is 235. The first-order valence-electron chi connectivity index (χ1n) is 12.6. The van der Waals surface area contributed by atoms with E-state index in [4.69, 9.17) is 10.2 Å². The van der Waals surface area contributed by atoms with E-state index in [1.54, 1.807) is 0 Å². The molecule has 3 N–H and O–H groups in total. The van der Waals surface area contributed by atoms with Gasteiger partial charge in [-0.25, -0.2) is 14.4 Å². The topological polar surface area (TPSA) is 119 Å². The van der Waals surface area contributed by atoms with Crippen molar-refractivity contribution in [3.8, 4) is 0 Å². The minimum absolute atomic E-state index is 0.669. The molecule has 0 radical (unpaired) electrons. The molecule has 0 aromatic heterocycles. The fourth-order valence-corrected chi connectivity index (χ4v) is 4.06. The largest absolute Gasteiger partial charge is 0.465 e. The molecule has 9 nitrogen and oxygen atoms in total. The Labute approximate surface area is 255 Å². The molecule has 0 heterocycles. The van der Waals surface area contributed by atoms with Crippen molar-refractivity contribution in [2.45, 2.75) is 87.3 Å². The predicted octanol–water partition coefficient (Wildman–Crippen LogP) is 7.72. The molecule has 0 aliphatic heterocycles. The SMILES string of the molecule is O=C(NCC(CCCCN(C(=O)O)C(C(F)(F)F)C(F)(F)F)CCCN(C(=O)O)C(C(F)(F)F)C(F)(F)F)OC(C(F)(F)F)C(F)(F)F.